The molecule has 0 spiro atoms. The summed E-state index contributed by atoms with van der Waals surface area (Å²) in [4.78, 5) is 8.10. The number of halogens is 3. The van der Waals surface area contributed by atoms with Crippen molar-refractivity contribution in [1.82, 2.24) is 9.97 Å². The second kappa shape index (κ2) is 5.94. The van der Waals surface area contributed by atoms with Gasteiger partial charge < -0.3 is 10.5 Å². The van der Waals surface area contributed by atoms with Crippen LogP contribution in [0.3, 0.4) is 0 Å². The molecule has 0 atom stereocenters. The molecule has 0 amide bonds. The molecule has 2 N–H and O–H groups in total. The normalized spacial score (nSPS) is 10.5. The molecule has 0 unspecified atom stereocenters. The van der Waals surface area contributed by atoms with Gasteiger partial charge >= 0.3 is 0 Å². The molecule has 2 aromatic rings. The van der Waals surface area contributed by atoms with Crippen LogP contribution in [-0.4, -0.2) is 16.2 Å². The molecule has 2 rings (SSSR count). The number of nitrogens with zero attached hydrogens (tertiary/aromatic N) is 2. The number of anilines is 1. The maximum atomic E-state index is 13.4. The van der Waals surface area contributed by atoms with Gasteiger partial charge in [0.05, 0.1) is 9.50 Å². The fourth-order valence-electron chi connectivity index (χ4n) is 1.26. The Balaban J connectivity index is 2.36. The van der Waals surface area contributed by atoms with E-state index in [0.29, 0.717) is 9.63 Å². The van der Waals surface area contributed by atoms with Crippen molar-refractivity contribution in [3.63, 3.8) is 0 Å². The predicted molar refractivity (Wildman–Crippen MR) is 77.4 cm³/mol. The summed E-state index contributed by atoms with van der Waals surface area (Å²) in [5.41, 5.74) is 5.63. The third-order valence-electron chi connectivity index (χ3n) is 2.07. The Hall–Kier alpha value is -1.05. The third kappa shape index (κ3) is 3.49. The van der Waals surface area contributed by atoms with Crippen LogP contribution in [0, 0.1) is 5.82 Å². The number of aromatic nitrogens is 2. The standard InChI is InChI=1S/C11H8BrClFN3OS/c1-19-11-16-9(15)4-10(17-11)18-8-3-7(14)6(13)2-5(8)12/h2-4H,1H3,(H2,15,16,17). The number of thioether (sulfide) groups is 1. The van der Waals surface area contributed by atoms with Crippen molar-refractivity contribution in [3.05, 3.63) is 33.5 Å². The third-order valence-corrected chi connectivity index (χ3v) is 3.53. The summed E-state index contributed by atoms with van der Waals surface area (Å²) >= 11 is 10.2. The Morgan fingerprint density at radius 2 is 2.11 bits per heavy atom. The molecule has 0 bridgehead atoms. The molecule has 0 saturated heterocycles. The molecule has 0 aliphatic heterocycles. The molecule has 1 heterocycles. The van der Waals surface area contributed by atoms with E-state index in [1.165, 1.54) is 30.0 Å². The fourth-order valence-corrected chi connectivity index (χ4v) is 2.36. The number of nitrogen functional groups attached to an aromatic ring is 1. The second-order valence-electron chi connectivity index (χ2n) is 3.42. The zero-order valence-corrected chi connectivity index (χ0v) is 12.8. The number of ether oxygens (including phenoxy) is 1. The highest BCUT2D eigenvalue weighted by Gasteiger charge is 2.11. The van der Waals surface area contributed by atoms with E-state index in [0.717, 1.165) is 0 Å². The van der Waals surface area contributed by atoms with Gasteiger partial charge in [-0.15, -0.1) is 0 Å². The highest BCUT2D eigenvalue weighted by atomic mass is 79.9. The summed E-state index contributed by atoms with van der Waals surface area (Å²) in [5.74, 6) is 0.193. The van der Waals surface area contributed by atoms with Crippen LogP contribution in [0.1, 0.15) is 0 Å². The van der Waals surface area contributed by atoms with Gasteiger partial charge in [0.1, 0.15) is 17.4 Å². The van der Waals surface area contributed by atoms with Crippen LogP contribution in [0.2, 0.25) is 5.02 Å². The Morgan fingerprint density at radius 1 is 1.37 bits per heavy atom. The zero-order valence-electron chi connectivity index (χ0n) is 9.65. The van der Waals surface area contributed by atoms with Crippen molar-refractivity contribution in [2.45, 2.75) is 5.16 Å². The molecule has 19 heavy (non-hydrogen) atoms. The molecule has 4 nitrogen and oxygen atoms in total. The van der Waals surface area contributed by atoms with Crippen LogP contribution >= 0.6 is 39.3 Å². The first-order chi connectivity index (χ1) is 8.99. The van der Waals surface area contributed by atoms with Crippen molar-refractivity contribution in [2.24, 2.45) is 0 Å². The monoisotopic (exact) mass is 363 g/mol. The van der Waals surface area contributed by atoms with E-state index in [1.54, 1.807) is 0 Å². The van der Waals surface area contributed by atoms with E-state index in [-0.39, 0.29) is 22.5 Å². The van der Waals surface area contributed by atoms with E-state index in [2.05, 4.69) is 25.9 Å². The maximum Gasteiger partial charge on any atom is 0.225 e. The molecule has 100 valence electrons. The summed E-state index contributed by atoms with van der Waals surface area (Å²) in [6.45, 7) is 0. The molecule has 0 aliphatic rings. The quantitative estimate of drug-likeness (QED) is 0.504. The maximum absolute atomic E-state index is 13.4. The number of hydrogen-bond donors (Lipinski definition) is 1. The van der Waals surface area contributed by atoms with Crippen molar-refractivity contribution in [3.8, 4) is 11.6 Å². The Morgan fingerprint density at radius 3 is 2.79 bits per heavy atom. The van der Waals surface area contributed by atoms with Gasteiger partial charge in [0.2, 0.25) is 5.88 Å². The number of rotatable bonds is 3. The summed E-state index contributed by atoms with van der Waals surface area (Å²) in [6, 6.07) is 4.04. The summed E-state index contributed by atoms with van der Waals surface area (Å²) in [5, 5.41) is 0.479. The molecule has 1 aromatic heterocycles. The van der Waals surface area contributed by atoms with Crippen LogP contribution in [-0.2, 0) is 0 Å². The van der Waals surface area contributed by atoms with Crippen molar-refractivity contribution in [1.29, 1.82) is 0 Å². The van der Waals surface area contributed by atoms with E-state index >= 15 is 0 Å². The Labute approximate surface area is 126 Å². The molecule has 0 saturated carbocycles. The van der Waals surface area contributed by atoms with E-state index < -0.39 is 5.82 Å². The number of hydrogen-bond acceptors (Lipinski definition) is 5. The molecule has 0 fully saturated rings. The summed E-state index contributed by atoms with van der Waals surface area (Å²) in [6.07, 6.45) is 1.82. The lowest BCUT2D eigenvalue weighted by Crippen LogP contribution is -1.97. The Bertz CT molecular complexity index is 629. The fraction of sp³-hybridized carbons (Fsp3) is 0.0909. The second-order valence-corrected chi connectivity index (χ2v) is 5.45. The van der Waals surface area contributed by atoms with Crippen LogP contribution in [0.25, 0.3) is 0 Å². The van der Waals surface area contributed by atoms with Gasteiger partial charge in [0, 0.05) is 12.1 Å². The lowest BCUT2D eigenvalue weighted by Gasteiger charge is -2.09. The number of nitrogens with two attached hydrogens (primary N) is 1. The van der Waals surface area contributed by atoms with Gasteiger partial charge in [-0.3, -0.25) is 0 Å². The van der Waals surface area contributed by atoms with Crippen LogP contribution in [0.15, 0.2) is 27.8 Å². The lowest BCUT2D eigenvalue weighted by molar-refractivity contribution is 0.449. The molecule has 1 aromatic carbocycles. The summed E-state index contributed by atoms with van der Waals surface area (Å²) in [7, 11) is 0. The number of benzene rings is 1. The molecular weight excluding hydrogens is 357 g/mol. The predicted octanol–water partition coefficient (Wildman–Crippen LogP) is 4.13. The van der Waals surface area contributed by atoms with Gasteiger partial charge in [-0.05, 0) is 28.3 Å². The molecule has 0 radical (unpaired) electrons. The molecular formula is C11H8BrClFN3OS. The highest BCUT2D eigenvalue weighted by Crippen LogP contribution is 2.33. The topological polar surface area (TPSA) is 61.0 Å². The van der Waals surface area contributed by atoms with Gasteiger partial charge in [-0.1, -0.05) is 23.4 Å². The highest BCUT2D eigenvalue weighted by molar-refractivity contribution is 9.10. The van der Waals surface area contributed by atoms with Crippen LogP contribution in [0.4, 0.5) is 10.2 Å². The van der Waals surface area contributed by atoms with E-state index in [9.17, 15) is 4.39 Å². The first-order valence-corrected chi connectivity index (χ1v) is 7.40. The van der Waals surface area contributed by atoms with E-state index in [1.807, 2.05) is 6.26 Å². The first kappa shape index (κ1) is 14.4. The van der Waals surface area contributed by atoms with E-state index in [4.69, 9.17) is 22.1 Å². The average Bonchev–Trinajstić information content (AvgIpc) is 2.35. The zero-order chi connectivity index (χ0) is 14.0. The Kier molecular flexibility index (Phi) is 4.49. The molecule has 0 aliphatic carbocycles. The van der Waals surface area contributed by atoms with Crippen LogP contribution < -0.4 is 10.5 Å². The SMILES string of the molecule is CSc1nc(N)cc(Oc2cc(F)c(Cl)cc2Br)n1. The van der Waals surface area contributed by atoms with Gasteiger partial charge in [-0.25, -0.2) is 9.37 Å². The van der Waals surface area contributed by atoms with Crippen molar-refractivity contribution >= 4 is 45.1 Å². The minimum Gasteiger partial charge on any atom is -0.438 e. The first-order valence-electron chi connectivity index (χ1n) is 5.00. The van der Waals surface area contributed by atoms with Gasteiger partial charge in [-0.2, -0.15) is 4.98 Å². The van der Waals surface area contributed by atoms with Gasteiger partial charge in [0.25, 0.3) is 0 Å². The van der Waals surface area contributed by atoms with Crippen molar-refractivity contribution < 1.29 is 9.13 Å². The molecule has 8 heteroatoms. The largest absolute Gasteiger partial charge is 0.438 e. The minimum absolute atomic E-state index is 0.00577. The smallest absolute Gasteiger partial charge is 0.225 e. The lowest BCUT2D eigenvalue weighted by atomic mass is 10.3. The van der Waals surface area contributed by atoms with Gasteiger partial charge in [0.15, 0.2) is 5.16 Å². The summed E-state index contributed by atoms with van der Waals surface area (Å²) < 4.78 is 19.4. The minimum atomic E-state index is -0.577. The van der Waals surface area contributed by atoms with Crippen molar-refractivity contribution in [2.75, 3.05) is 12.0 Å². The van der Waals surface area contributed by atoms with Crippen LogP contribution in [0.5, 0.6) is 11.6 Å². The average molecular weight is 365 g/mol.